The Morgan fingerprint density at radius 3 is 1.55 bits per heavy atom. The molecule has 0 aliphatic carbocycles. The van der Waals surface area contributed by atoms with Crippen molar-refractivity contribution in [2.24, 2.45) is 5.92 Å². The van der Waals surface area contributed by atoms with Gasteiger partial charge in [-0.1, -0.05) is 103 Å². The van der Waals surface area contributed by atoms with E-state index in [-0.39, 0.29) is 18.9 Å². The summed E-state index contributed by atoms with van der Waals surface area (Å²) < 4.78 is 10.3. The lowest BCUT2D eigenvalue weighted by molar-refractivity contribution is -0.158. The van der Waals surface area contributed by atoms with E-state index in [1.165, 1.54) is 10.6 Å². The van der Waals surface area contributed by atoms with Crippen molar-refractivity contribution in [3.63, 3.8) is 0 Å². The first kappa shape index (κ1) is 24.4. The molecule has 0 saturated heterocycles. The fourth-order valence-corrected chi connectivity index (χ4v) is 6.25. The van der Waals surface area contributed by atoms with E-state index in [0.29, 0.717) is 0 Å². The summed E-state index contributed by atoms with van der Waals surface area (Å²) >= 11 is 0. The SMILES string of the molecule is CCOC(=O)C(/C=C/C(c1ccccc1)P(c1ccccc1)c1ccccc1)C(=O)OCC. The Labute approximate surface area is 197 Å². The molecule has 3 aromatic carbocycles. The molecule has 0 fully saturated rings. The van der Waals surface area contributed by atoms with Gasteiger partial charge in [0.1, 0.15) is 0 Å². The highest BCUT2D eigenvalue weighted by Crippen LogP contribution is 2.50. The number of hydrogen-bond acceptors (Lipinski definition) is 4. The van der Waals surface area contributed by atoms with Gasteiger partial charge in [0, 0.05) is 5.66 Å². The van der Waals surface area contributed by atoms with Crippen LogP contribution in [0.15, 0.2) is 103 Å². The van der Waals surface area contributed by atoms with Crippen LogP contribution >= 0.6 is 7.92 Å². The Hall–Kier alpha value is -3.23. The van der Waals surface area contributed by atoms with Crippen LogP contribution in [0.25, 0.3) is 0 Å². The third-order valence-electron chi connectivity index (χ3n) is 5.05. The maximum Gasteiger partial charge on any atom is 0.324 e. The molecular weight excluding hydrogens is 431 g/mol. The van der Waals surface area contributed by atoms with Crippen LogP contribution in [0.2, 0.25) is 0 Å². The number of rotatable bonds is 10. The molecule has 0 aliphatic heterocycles. The summed E-state index contributed by atoms with van der Waals surface area (Å²) in [6.45, 7) is 3.85. The predicted molar refractivity (Wildman–Crippen MR) is 134 cm³/mol. The summed E-state index contributed by atoms with van der Waals surface area (Å²) in [5, 5.41) is 2.42. The molecule has 1 atom stereocenters. The zero-order valence-electron chi connectivity index (χ0n) is 19.0. The summed E-state index contributed by atoms with van der Waals surface area (Å²) in [7, 11) is -0.867. The number of benzene rings is 3. The number of ether oxygens (including phenoxy) is 2. The fourth-order valence-electron chi connectivity index (χ4n) is 3.58. The van der Waals surface area contributed by atoms with Gasteiger partial charge in [0.2, 0.25) is 0 Å². The molecule has 4 nitrogen and oxygen atoms in total. The molecular formula is C28H29O4P. The minimum absolute atomic E-state index is 0.0580. The van der Waals surface area contributed by atoms with Gasteiger partial charge >= 0.3 is 11.9 Å². The molecule has 0 N–H and O–H groups in total. The number of allylic oxidation sites excluding steroid dienone is 1. The quantitative estimate of drug-likeness (QED) is 0.182. The van der Waals surface area contributed by atoms with Gasteiger partial charge in [-0.25, -0.2) is 0 Å². The van der Waals surface area contributed by atoms with E-state index in [2.05, 4.69) is 36.4 Å². The number of esters is 2. The summed E-state index contributed by atoms with van der Waals surface area (Å²) in [6, 6.07) is 30.9. The molecule has 5 heteroatoms. The summed E-state index contributed by atoms with van der Waals surface area (Å²) in [6.07, 6.45) is 3.62. The number of carbonyl (C=O) groups is 2. The fraction of sp³-hybridized carbons (Fsp3) is 0.214. The van der Waals surface area contributed by atoms with Crippen LogP contribution in [-0.2, 0) is 19.1 Å². The highest BCUT2D eigenvalue weighted by molar-refractivity contribution is 7.73. The average Bonchev–Trinajstić information content (AvgIpc) is 2.85. The van der Waals surface area contributed by atoms with Gasteiger partial charge in [0.05, 0.1) is 13.2 Å². The lowest BCUT2D eigenvalue weighted by Crippen LogP contribution is -2.26. The smallest absolute Gasteiger partial charge is 0.324 e. The lowest BCUT2D eigenvalue weighted by atomic mass is 10.1. The molecule has 0 bridgehead atoms. The second kappa shape index (κ2) is 12.7. The molecule has 0 spiro atoms. The maximum atomic E-state index is 12.5. The monoisotopic (exact) mass is 460 g/mol. The van der Waals surface area contributed by atoms with Crippen molar-refractivity contribution in [2.75, 3.05) is 13.2 Å². The van der Waals surface area contributed by atoms with Crippen molar-refractivity contribution < 1.29 is 19.1 Å². The van der Waals surface area contributed by atoms with Crippen LogP contribution in [-0.4, -0.2) is 25.2 Å². The second-order valence-corrected chi connectivity index (χ2v) is 9.59. The molecule has 0 aliphatic rings. The van der Waals surface area contributed by atoms with E-state index >= 15 is 0 Å². The predicted octanol–water partition coefficient (Wildman–Crippen LogP) is 5.16. The Balaban J connectivity index is 2.10. The molecule has 3 aromatic rings. The van der Waals surface area contributed by atoms with E-state index in [1.54, 1.807) is 19.9 Å². The third-order valence-corrected chi connectivity index (χ3v) is 7.79. The zero-order chi connectivity index (χ0) is 23.5. The van der Waals surface area contributed by atoms with Gasteiger partial charge in [-0.3, -0.25) is 9.59 Å². The van der Waals surface area contributed by atoms with Crippen molar-refractivity contribution in [2.45, 2.75) is 19.5 Å². The first-order chi connectivity index (χ1) is 16.2. The van der Waals surface area contributed by atoms with E-state index in [4.69, 9.17) is 9.47 Å². The summed E-state index contributed by atoms with van der Waals surface area (Å²) in [4.78, 5) is 25.1. The van der Waals surface area contributed by atoms with E-state index in [9.17, 15) is 9.59 Å². The van der Waals surface area contributed by atoms with Gasteiger partial charge in [0.25, 0.3) is 0 Å². The van der Waals surface area contributed by atoms with Gasteiger partial charge in [-0.2, -0.15) is 0 Å². The highest BCUT2D eigenvalue weighted by Gasteiger charge is 2.29. The van der Waals surface area contributed by atoms with Crippen LogP contribution in [0.3, 0.4) is 0 Å². The van der Waals surface area contributed by atoms with Gasteiger partial charge in [0.15, 0.2) is 5.92 Å². The van der Waals surface area contributed by atoms with Crippen molar-refractivity contribution >= 4 is 30.5 Å². The van der Waals surface area contributed by atoms with Crippen molar-refractivity contribution in [1.29, 1.82) is 0 Å². The lowest BCUT2D eigenvalue weighted by Gasteiger charge is -2.27. The normalized spacial score (nSPS) is 12.1. The Morgan fingerprint density at radius 1 is 0.697 bits per heavy atom. The average molecular weight is 461 g/mol. The number of carbonyl (C=O) groups excluding carboxylic acids is 2. The van der Waals surface area contributed by atoms with Gasteiger partial charge in [-0.05, 0) is 37.9 Å². The Bertz CT molecular complexity index is 978. The molecule has 170 valence electrons. The van der Waals surface area contributed by atoms with E-state index < -0.39 is 25.8 Å². The van der Waals surface area contributed by atoms with Crippen LogP contribution in [0.1, 0.15) is 25.1 Å². The number of hydrogen-bond donors (Lipinski definition) is 0. The molecule has 33 heavy (non-hydrogen) atoms. The van der Waals surface area contributed by atoms with Gasteiger partial charge in [-0.15, -0.1) is 0 Å². The topological polar surface area (TPSA) is 52.6 Å². The van der Waals surface area contributed by atoms with Crippen molar-refractivity contribution in [3.8, 4) is 0 Å². The largest absolute Gasteiger partial charge is 0.465 e. The minimum Gasteiger partial charge on any atom is -0.465 e. The molecule has 3 rings (SSSR count). The molecule has 0 radical (unpaired) electrons. The standard InChI is InChI=1S/C28H29O4P/c1-3-31-27(29)25(28(30)32-4-2)20-21-26(22-14-8-5-9-15-22)33(23-16-10-6-11-17-23)24-18-12-7-13-19-24/h5-21,25-26H,3-4H2,1-2H3/b21-20+. The molecule has 1 unspecified atom stereocenters. The van der Waals surface area contributed by atoms with Crippen LogP contribution in [0.5, 0.6) is 0 Å². The Morgan fingerprint density at radius 2 is 1.12 bits per heavy atom. The minimum atomic E-state index is -1.10. The van der Waals surface area contributed by atoms with E-state index in [1.807, 2.05) is 60.7 Å². The molecule has 0 heterocycles. The molecule has 0 amide bonds. The van der Waals surface area contributed by atoms with Gasteiger partial charge < -0.3 is 9.47 Å². The first-order valence-corrected chi connectivity index (χ1v) is 12.5. The summed E-state index contributed by atoms with van der Waals surface area (Å²) in [5.41, 5.74) is 1.05. The van der Waals surface area contributed by atoms with Crippen molar-refractivity contribution in [3.05, 3.63) is 109 Å². The van der Waals surface area contributed by atoms with E-state index in [0.717, 1.165) is 5.56 Å². The third kappa shape index (κ3) is 6.63. The van der Waals surface area contributed by atoms with Crippen LogP contribution in [0.4, 0.5) is 0 Å². The maximum absolute atomic E-state index is 12.5. The zero-order valence-corrected chi connectivity index (χ0v) is 19.9. The second-order valence-electron chi connectivity index (χ2n) is 7.26. The summed E-state index contributed by atoms with van der Waals surface area (Å²) in [5.74, 6) is -2.29. The molecule has 0 saturated carbocycles. The Kier molecular flexibility index (Phi) is 9.41. The first-order valence-electron chi connectivity index (χ1n) is 11.1. The van der Waals surface area contributed by atoms with Crippen molar-refractivity contribution in [1.82, 2.24) is 0 Å². The highest BCUT2D eigenvalue weighted by atomic mass is 31.1. The van der Waals surface area contributed by atoms with Crippen LogP contribution in [0, 0.1) is 5.92 Å². The van der Waals surface area contributed by atoms with Crippen LogP contribution < -0.4 is 10.6 Å². The molecule has 0 aromatic heterocycles.